The number of amides is 1. The number of aromatic nitrogens is 3. The summed E-state index contributed by atoms with van der Waals surface area (Å²) in [5.74, 6) is 0.304. The lowest BCUT2D eigenvalue weighted by Crippen LogP contribution is -2.16. The molecule has 2 aromatic carbocycles. The second-order valence-corrected chi connectivity index (χ2v) is 8.03. The molecule has 1 aromatic heterocycles. The minimum atomic E-state index is -1.03. The smallest absolute Gasteiger partial charge is 0.336 e. The van der Waals surface area contributed by atoms with Gasteiger partial charge in [-0.15, -0.1) is 10.2 Å². The molecule has 31 heavy (non-hydrogen) atoms. The molecule has 0 saturated heterocycles. The first-order valence-corrected chi connectivity index (χ1v) is 10.6. The predicted octanol–water partition coefficient (Wildman–Crippen LogP) is 3.75. The molecule has 3 aromatic rings. The van der Waals surface area contributed by atoms with Crippen molar-refractivity contribution >= 4 is 29.3 Å². The number of nitrogens with zero attached hydrogens (tertiary/aromatic N) is 3. The third kappa shape index (κ3) is 5.24. The predicted molar refractivity (Wildman–Crippen MR) is 119 cm³/mol. The Balaban J connectivity index is 1.59. The van der Waals surface area contributed by atoms with Gasteiger partial charge < -0.3 is 19.7 Å². The van der Waals surface area contributed by atoms with Crippen molar-refractivity contribution in [3.8, 4) is 5.75 Å². The Bertz CT molecular complexity index is 1110. The molecule has 0 unspecified atom stereocenters. The second-order valence-electron chi connectivity index (χ2n) is 7.09. The van der Waals surface area contributed by atoms with E-state index in [1.54, 1.807) is 23.6 Å². The van der Waals surface area contributed by atoms with Gasteiger partial charge in [-0.2, -0.15) is 0 Å². The molecule has 0 bridgehead atoms. The Morgan fingerprint density at radius 3 is 2.45 bits per heavy atom. The molecule has 0 aliphatic rings. The number of carboxylic acid groups (broad SMARTS) is 1. The van der Waals surface area contributed by atoms with Crippen LogP contribution in [0, 0.1) is 20.8 Å². The van der Waals surface area contributed by atoms with Crippen molar-refractivity contribution in [3.63, 3.8) is 0 Å². The molecule has 9 heteroatoms. The molecule has 0 aliphatic heterocycles. The Hall–Kier alpha value is -3.33. The summed E-state index contributed by atoms with van der Waals surface area (Å²) < 4.78 is 7.73. The van der Waals surface area contributed by atoms with Crippen LogP contribution in [0.4, 0.5) is 5.69 Å². The van der Waals surface area contributed by atoms with Crippen LogP contribution in [-0.4, -0.2) is 37.5 Å². The number of aryl methyl sites for hydroxylation is 2. The molecule has 0 saturated carbocycles. The third-order valence-corrected chi connectivity index (χ3v) is 5.87. The highest BCUT2D eigenvalue weighted by atomic mass is 32.2. The van der Waals surface area contributed by atoms with Crippen LogP contribution in [0.2, 0.25) is 0 Å². The van der Waals surface area contributed by atoms with E-state index in [1.165, 1.54) is 17.8 Å². The summed E-state index contributed by atoms with van der Waals surface area (Å²) in [5, 5.41) is 20.9. The number of benzene rings is 2. The fourth-order valence-corrected chi connectivity index (χ4v) is 3.81. The first kappa shape index (κ1) is 22.4. The lowest BCUT2D eigenvalue weighted by atomic mass is 10.1. The maximum Gasteiger partial charge on any atom is 0.336 e. The number of carbonyl (C=O) groups is 2. The van der Waals surface area contributed by atoms with E-state index in [1.807, 2.05) is 39.1 Å². The van der Waals surface area contributed by atoms with E-state index < -0.39 is 5.97 Å². The third-order valence-electron chi connectivity index (χ3n) is 4.85. The van der Waals surface area contributed by atoms with E-state index in [0.717, 1.165) is 16.9 Å². The van der Waals surface area contributed by atoms with Gasteiger partial charge in [0.1, 0.15) is 12.4 Å². The van der Waals surface area contributed by atoms with Crippen LogP contribution in [0.5, 0.6) is 5.75 Å². The summed E-state index contributed by atoms with van der Waals surface area (Å²) in [4.78, 5) is 23.6. The van der Waals surface area contributed by atoms with Gasteiger partial charge in [-0.3, -0.25) is 4.79 Å². The highest BCUT2D eigenvalue weighted by molar-refractivity contribution is 7.99. The van der Waals surface area contributed by atoms with Crippen molar-refractivity contribution in [1.82, 2.24) is 14.8 Å². The minimum Gasteiger partial charge on any atom is -0.485 e. The minimum absolute atomic E-state index is 0.112. The van der Waals surface area contributed by atoms with E-state index in [4.69, 9.17) is 4.74 Å². The number of hydrogen-bond acceptors (Lipinski definition) is 6. The number of carbonyl (C=O) groups excluding carboxylic acids is 1. The van der Waals surface area contributed by atoms with Gasteiger partial charge in [0.15, 0.2) is 11.0 Å². The molecule has 8 nitrogen and oxygen atoms in total. The average Bonchev–Trinajstić information content (AvgIpc) is 3.07. The topological polar surface area (TPSA) is 106 Å². The lowest BCUT2D eigenvalue weighted by molar-refractivity contribution is -0.113. The van der Waals surface area contributed by atoms with Crippen LogP contribution in [0.1, 0.15) is 32.9 Å². The van der Waals surface area contributed by atoms with Crippen molar-refractivity contribution in [2.45, 2.75) is 32.5 Å². The average molecular weight is 441 g/mol. The standard InChI is InChI=1S/C22H24N4O4S/c1-13-7-5-8-14(2)20(13)30-11-18-24-25-22(26(18)4)31-12-19(27)23-17-10-6-9-16(15(17)3)21(28)29/h5-10H,11-12H2,1-4H3,(H,23,27)(H,28,29). The molecular weight excluding hydrogens is 416 g/mol. The first-order chi connectivity index (χ1) is 14.8. The van der Waals surface area contributed by atoms with Crippen LogP contribution in [0.3, 0.4) is 0 Å². The molecule has 0 atom stereocenters. The van der Waals surface area contributed by atoms with E-state index in [2.05, 4.69) is 15.5 Å². The van der Waals surface area contributed by atoms with Crippen molar-refractivity contribution in [2.75, 3.05) is 11.1 Å². The van der Waals surface area contributed by atoms with E-state index in [9.17, 15) is 14.7 Å². The molecular formula is C22H24N4O4S. The quantitative estimate of drug-likeness (QED) is 0.514. The summed E-state index contributed by atoms with van der Waals surface area (Å²) in [6, 6.07) is 10.8. The fourth-order valence-electron chi connectivity index (χ4n) is 3.08. The number of carboxylic acids is 1. The summed E-state index contributed by atoms with van der Waals surface area (Å²) in [6.07, 6.45) is 0. The van der Waals surface area contributed by atoms with Gasteiger partial charge in [0, 0.05) is 12.7 Å². The Labute approximate surface area is 184 Å². The molecule has 162 valence electrons. The fraction of sp³-hybridized carbons (Fsp3) is 0.273. The number of ether oxygens (including phenoxy) is 1. The summed E-state index contributed by atoms with van der Waals surface area (Å²) >= 11 is 1.24. The molecule has 1 amide bonds. The number of thioether (sulfide) groups is 1. The number of para-hydroxylation sites is 1. The number of anilines is 1. The SMILES string of the molecule is Cc1cccc(C)c1OCc1nnc(SCC(=O)Nc2cccc(C(=O)O)c2C)n1C. The van der Waals surface area contributed by atoms with Gasteiger partial charge in [0.2, 0.25) is 5.91 Å². The Kier molecular flexibility index (Phi) is 6.96. The van der Waals surface area contributed by atoms with Crippen molar-refractivity contribution in [2.24, 2.45) is 7.05 Å². The molecule has 0 aliphatic carbocycles. The number of hydrogen-bond donors (Lipinski definition) is 2. The monoisotopic (exact) mass is 440 g/mol. The number of nitrogens with one attached hydrogen (secondary N) is 1. The lowest BCUT2D eigenvalue weighted by Gasteiger charge is -2.12. The summed E-state index contributed by atoms with van der Waals surface area (Å²) in [6.45, 7) is 5.92. The van der Waals surface area contributed by atoms with Crippen molar-refractivity contribution in [1.29, 1.82) is 0 Å². The first-order valence-electron chi connectivity index (χ1n) is 9.60. The van der Waals surface area contributed by atoms with E-state index in [-0.39, 0.29) is 23.8 Å². The van der Waals surface area contributed by atoms with Crippen LogP contribution >= 0.6 is 11.8 Å². The Morgan fingerprint density at radius 2 is 1.77 bits per heavy atom. The maximum atomic E-state index is 12.4. The zero-order valence-corrected chi connectivity index (χ0v) is 18.6. The normalized spacial score (nSPS) is 10.7. The highest BCUT2D eigenvalue weighted by Crippen LogP contribution is 2.24. The van der Waals surface area contributed by atoms with Gasteiger partial charge in [-0.1, -0.05) is 36.0 Å². The summed E-state index contributed by atoms with van der Waals surface area (Å²) in [7, 11) is 1.82. The van der Waals surface area contributed by atoms with Crippen LogP contribution in [-0.2, 0) is 18.4 Å². The molecule has 0 fully saturated rings. The van der Waals surface area contributed by atoms with E-state index in [0.29, 0.717) is 22.2 Å². The molecule has 2 N–H and O–H groups in total. The maximum absolute atomic E-state index is 12.4. The molecule has 1 heterocycles. The molecule has 0 spiro atoms. The van der Waals surface area contributed by atoms with Gasteiger partial charge >= 0.3 is 5.97 Å². The van der Waals surface area contributed by atoms with Crippen LogP contribution in [0.15, 0.2) is 41.6 Å². The zero-order valence-electron chi connectivity index (χ0n) is 17.8. The van der Waals surface area contributed by atoms with Crippen molar-refractivity contribution in [3.05, 3.63) is 64.5 Å². The largest absolute Gasteiger partial charge is 0.485 e. The highest BCUT2D eigenvalue weighted by Gasteiger charge is 2.15. The van der Waals surface area contributed by atoms with E-state index >= 15 is 0 Å². The van der Waals surface area contributed by atoms with Gasteiger partial charge in [0.25, 0.3) is 0 Å². The molecule has 0 radical (unpaired) electrons. The van der Waals surface area contributed by atoms with Crippen LogP contribution in [0.25, 0.3) is 0 Å². The van der Waals surface area contributed by atoms with Crippen LogP contribution < -0.4 is 10.1 Å². The molecule has 3 rings (SSSR count). The van der Waals surface area contributed by atoms with Crippen molar-refractivity contribution < 1.29 is 19.4 Å². The van der Waals surface area contributed by atoms with Gasteiger partial charge in [-0.25, -0.2) is 4.79 Å². The number of rotatable bonds is 8. The zero-order chi connectivity index (χ0) is 22.5. The van der Waals surface area contributed by atoms with Gasteiger partial charge in [0.05, 0.1) is 11.3 Å². The number of aromatic carboxylic acids is 1. The Morgan fingerprint density at radius 1 is 1.10 bits per heavy atom. The second kappa shape index (κ2) is 9.65. The summed E-state index contributed by atoms with van der Waals surface area (Å²) in [5.41, 5.74) is 3.25. The van der Waals surface area contributed by atoms with Gasteiger partial charge in [-0.05, 0) is 49.6 Å².